The Morgan fingerprint density at radius 1 is 1.09 bits per heavy atom. The first-order valence-electron chi connectivity index (χ1n) is 10.8. The summed E-state index contributed by atoms with van der Waals surface area (Å²) in [5, 5.41) is 2.80. The molecule has 2 aromatic rings. The predicted molar refractivity (Wildman–Crippen MR) is 124 cm³/mol. The Balaban J connectivity index is 1.82. The van der Waals surface area contributed by atoms with Gasteiger partial charge >= 0.3 is 0 Å². The maximum Gasteiger partial charge on any atom is 0.269 e. The van der Waals surface area contributed by atoms with Crippen LogP contribution in [-0.4, -0.2) is 53.5 Å². The van der Waals surface area contributed by atoms with Crippen molar-refractivity contribution in [2.24, 2.45) is 0 Å². The molecule has 3 amide bonds. The van der Waals surface area contributed by atoms with Gasteiger partial charge in [0.15, 0.2) is 0 Å². The van der Waals surface area contributed by atoms with Crippen molar-refractivity contribution in [3.63, 3.8) is 0 Å². The largest absolute Gasteiger partial charge is 0.350 e. The van der Waals surface area contributed by atoms with Crippen LogP contribution < -0.4 is 5.32 Å². The fourth-order valence-electron chi connectivity index (χ4n) is 3.66. The third-order valence-electron chi connectivity index (χ3n) is 5.40. The molecule has 0 fully saturated rings. The van der Waals surface area contributed by atoms with Crippen LogP contribution in [0.3, 0.4) is 0 Å². The quantitative estimate of drug-likeness (QED) is 0.644. The number of sulfonamides is 1. The molecule has 0 saturated carbocycles. The number of nitrogens with one attached hydrogen (secondary N) is 1. The van der Waals surface area contributed by atoms with Gasteiger partial charge in [0.1, 0.15) is 16.8 Å². The monoisotopic (exact) mass is 489 g/mol. The second-order valence-corrected chi connectivity index (χ2v) is 11.0. The van der Waals surface area contributed by atoms with Crippen molar-refractivity contribution in [1.82, 2.24) is 14.5 Å². The summed E-state index contributed by atoms with van der Waals surface area (Å²) in [6.07, 6.45) is -0.361. The van der Waals surface area contributed by atoms with Gasteiger partial charge in [-0.25, -0.2) is 17.1 Å². The Morgan fingerprint density at radius 3 is 2.32 bits per heavy atom. The first-order chi connectivity index (χ1) is 15.8. The minimum absolute atomic E-state index is 0.0519. The summed E-state index contributed by atoms with van der Waals surface area (Å²) in [5.74, 6) is -2.26. The van der Waals surface area contributed by atoms with E-state index in [9.17, 15) is 27.2 Å². The molecule has 0 bridgehead atoms. The standard InChI is InChI=1S/C24H28FN3O5S/c1-16(22(30)26-24(2,3)4)27(15-17-9-5-7-11-19(17)25)21(29)13-14-28-23(31)18-10-6-8-12-20(18)34(28,32)33/h5-12,16H,13-15H2,1-4H3,(H,26,30)/t16-/m1/s1. The van der Waals surface area contributed by atoms with E-state index in [1.165, 1.54) is 48.2 Å². The Hall–Kier alpha value is -3.27. The second kappa shape index (κ2) is 9.54. The highest BCUT2D eigenvalue weighted by molar-refractivity contribution is 7.90. The highest BCUT2D eigenvalue weighted by Gasteiger charge is 2.41. The molecule has 2 aromatic carbocycles. The molecule has 0 spiro atoms. The molecule has 1 aliphatic heterocycles. The lowest BCUT2D eigenvalue weighted by Crippen LogP contribution is -2.52. The van der Waals surface area contributed by atoms with Crippen molar-refractivity contribution in [2.45, 2.75) is 57.1 Å². The van der Waals surface area contributed by atoms with Crippen LogP contribution in [0.5, 0.6) is 0 Å². The van der Waals surface area contributed by atoms with Crippen LogP contribution in [0.1, 0.15) is 50.0 Å². The molecule has 8 nitrogen and oxygen atoms in total. The highest BCUT2D eigenvalue weighted by Crippen LogP contribution is 2.30. The highest BCUT2D eigenvalue weighted by atomic mass is 32.2. The zero-order valence-electron chi connectivity index (χ0n) is 19.5. The topological polar surface area (TPSA) is 104 Å². The van der Waals surface area contributed by atoms with E-state index in [1.807, 2.05) is 0 Å². The molecule has 0 unspecified atom stereocenters. The fraction of sp³-hybridized carbons (Fsp3) is 0.375. The normalized spacial score (nSPS) is 15.6. The van der Waals surface area contributed by atoms with E-state index in [-0.39, 0.29) is 29.0 Å². The van der Waals surface area contributed by atoms with Crippen LogP contribution in [0.25, 0.3) is 0 Å². The van der Waals surface area contributed by atoms with Gasteiger partial charge in [0.2, 0.25) is 11.8 Å². The Labute approximate surface area is 198 Å². The van der Waals surface area contributed by atoms with Crippen LogP contribution in [0.15, 0.2) is 53.4 Å². The van der Waals surface area contributed by atoms with E-state index in [2.05, 4.69) is 5.32 Å². The number of fused-ring (bicyclic) bond motifs is 1. The third-order valence-corrected chi connectivity index (χ3v) is 7.25. The minimum Gasteiger partial charge on any atom is -0.350 e. The molecular formula is C24H28FN3O5S. The zero-order valence-corrected chi connectivity index (χ0v) is 20.4. The zero-order chi connectivity index (χ0) is 25.3. The minimum atomic E-state index is -4.07. The van der Waals surface area contributed by atoms with E-state index in [0.717, 1.165) is 0 Å². The van der Waals surface area contributed by atoms with Crippen LogP contribution >= 0.6 is 0 Å². The number of hydrogen-bond donors (Lipinski definition) is 1. The molecule has 0 radical (unpaired) electrons. The molecule has 1 N–H and O–H groups in total. The number of nitrogens with zero attached hydrogens (tertiary/aromatic N) is 2. The van der Waals surface area contributed by atoms with Crippen LogP contribution in [0.2, 0.25) is 0 Å². The first kappa shape index (κ1) is 25.4. The van der Waals surface area contributed by atoms with E-state index in [1.54, 1.807) is 32.9 Å². The summed E-state index contributed by atoms with van der Waals surface area (Å²) in [7, 11) is -4.07. The van der Waals surface area contributed by atoms with Crippen molar-refractivity contribution in [2.75, 3.05) is 6.54 Å². The van der Waals surface area contributed by atoms with Crippen LogP contribution in [-0.2, 0) is 26.2 Å². The Bertz CT molecular complexity index is 1220. The van der Waals surface area contributed by atoms with Gasteiger partial charge < -0.3 is 10.2 Å². The first-order valence-corrected chi connectivity index (χ1v) is 12.3. The molecule has 0 aliphatic carbocycles. The molecule has 1 aliphatic rings. The van der Waals surface area contributed by atoms with Crippen molar-refractivity contribution in [3.05, 3.63) is 65.5 Å². The number of hydrogen-bond acceptors (Lipinski definition) is 5. The summed E-state index contributed by atoms with van der Waals surface area (Å²) in [5.41, 5.74) is -0.292. The maximum atomic E-state index is 14.3. The van der Waals surface area contributed by atoms with Gasteiger partial charge in [0, 0.05) is 30.6 Å². The molecule has 10 heteroatoms. The molecule has 34 heavy (non-hydrogen) atoms. The van der Waals surface area contributed by atoms with Crippen LogP contribution in [0, 0.1) is 5.82 Å². The lowest BCUT2D eigenvalue weighted by molar-refractivity contribution is -0.141. The summed E-state index contributed by atoms with van der Waals surface area (Å²) >= 11 is 0. The molecule has 1 atom stereocenters. The Morgan fingerprint density at radius 2 is 1.71 bits per heavy atom. The number of amides is 3. The number of rotatable bonds is 7. The van der Waals surface area contributed by atoms with Crippen LogP contribution in [0.4, 0.5) is 4.39 Å². The lowest BCUT2D eigenvalue weighted by atomic mass is 10.1. The average Bonchev–Trinajstić information content (AvgIpc) is 2.95. The fourth-order valence-corrected chi connectivity index (χ4v) is 5.23. The molecular weight excluding hydrogens is 461 g/mol. The lowest BCUT2D eigenvalue weighted by Gasteiger charge is -2.32. The van der Waals surface area contributed by atoms with E-state index >= 15 is 0 Å². The van der Waals surface area contributed by atoms with Gasteiger partial charge in [0.25, 0.3) is 15.9 Å². The number of halogens is 1. The summed E-state index contributed by atoms with van der Waals surface area (Å²) in [6, 6.07) is 10.8. The SMILES string of the molecule is C[C@H](C(=O)NC(C)(C)C)N(Cc1ccccc1F)C(=O)CCN1C(=O)c2ccccc2S1(=O)=O. The van der Waals surface area contributed by atoms with Gasteiger partial charge in [0.05, 0.1) is 5.56 Å². The predicted octanol–water partition coefficient (Wildman–Crippen LogP) is 2.69. The molecule has 182 valence electrons. The number of carbonyl (C=O) groups excluding carboxylic acids is 3. The van der Waals surface area contributed by atoms with Gasteiger partial charge in [-0.1, -0.05) is 30.3 Å². The van der Waals surface area contributed by atoms with Gasteiger partial charge in [-0.3, -0.25) is 14.4 Å². The molecule has 0 aromatic heterocycles. The third kappa shape index (κ3) is 5.27. The summed E-state index contributed by atoms with van der Waals surface area (Å²) in [6.45, 7) is 6.32. The van der Waals surface area contributed by atoms with E-state index in [4.69, 9.17) is 0 Å². The average molecular weight is 490 g/mol. The van der Waals surface area contributed by atoms with E-state index in [0.29, 0.717) is 4.31 Å². The van der Waals surface area contributed by atoms with Gasteiger partial charge in [-0.2, -0.15) is 0 Å². The van der Waals surface area contributed by atoms with Crippen molar-refractivity contribution >= 4 is 27.7 Å². The van der Waals surface area contributed by atoms with Crippen molar-refractivity contribution in [3.8, 4) is 0 Å². The van der Waals surface area contributed by atoms with Gasteiger partial charge in [-0.15, -0.1) is 0 Å². The molecule has 1 heterocycles. The van der Waals surface area contributed by atoms with E-state index < -0.39 is 51.7 Å². The van der Waals surface area contributed by atoms with Gasteiger partial charge in [-0.05, 0) is 45.9 Å². The molecule has 0 saturated heterocycles. The number of carbonyl (C=O) groups is 3. The van der Waals surface area contributed by atoms with Crippen molar-refractivity contribution < 1.29 is 27.2 Å². The number of benzene rings is 2. The maximum absolute atomic E-state index is 14.3. The van der Waals surface area contributed by atoms with Crippen molar-refractivity contribution in [1.29, 1.82) is 0 Å². The summed E-state index contributed by atoms with van der Waals surface area (Å²) in [4.78, 5) is 39.7. The Kier molecular flexibility index (Phi) is 7.11. The summed E-state index contributed by atoms with van der Waals surface area (Å²) < 4.78 is 40.5. The smallest absolute Gasteiger partial charge is 0.269 e. The molecule has 3 rings (SSSR count). The second-order valence-electron chi connectivity index (χ2n) is 9.16.